The molecule has 1 saturated heterocycles. The monoisotopic (exact) mass is 184 g/mol. The van der Waals surface area contributed by atoms with Gasteiger partial charge in [-0.05, 0) is 6.42 Å². The standard InChI is InChI=1S/C8H17BN2O2/c9-3-1-2-6-4-11-5-8(6,10)7(12)13/h6,11H,1-5,9-10H2,(H,12,13)/t6-,8-/m0/s1. The summed E-state index contributed by atoms with van der Waals surface area (Å²) in [5, 5.41) is 12.0. The number of nitrogens with two attached hydrogens (primary N) is 1. The number of aliphatic carboxylic acids is 1. The summed E-state index contributed by atoms with van der Waals surface area (Å²) < 4.78 is 0. The molecule has 4 N–H and O–H groups in total. The van der Waals surface area contributed by atoms with Gasteiger partial charge in [-0.15, -0.1) is 0 Å². The van der Waals surface area contributed by atoms with E-state index in [0.717, 1.165) is 25.7 Å². The zero-order valence-corrected chi connectivity index (χ0v) is 8.05. The third-order valence-corrected chi connectivity index (χ3v) is 2.84. The molecule has 1 rings (SSSR count). The van der Waals surface area contributed by atoms with Crippen molar-refractivity contribution in [1.29, 1.82) is 0 Å². The molecule has 5 heteroatoms. The average molecular weight is 184 g/mol. The van der Waals surface area contributed by atoms with Crippen LogP contribution in [0.15, 0.2) is 0 Å². The number of carbonyl (C=O) groups is 1. The summed E-state index contributed by atoms with van der Waals surface area (Å²) >= 11 is 0. The van der Waals surface area contributed by atoms with E-state index < -0.39 is 11.5 Å². The molecule has 0 spiro atoms. The first-order valence-corrected chi connectivity index (χ1v) is 4.84. The van der Waals surface area contributed by atoms with Gasteiger partial charge in [0, 0.05) is 19.0 Å². The molecule has 74 valence electrons. The van der Waals surface area contributed by atoms with Crippen LogP contribution in [0.5, 0.6) is 0 Å². The molecule has 1 heterocycles. The van der Waals surface area contributed by atoms with Gasteiger partial charge in [-0.25, -0.2) is 0 Å². The fourth-order valence-corrected chi connectivity index (χ4v) is 1.84. The molecule has 0 aromatic heterocycles. The lowest BCUT2D eigenvalue weighted by atomic mass is 9.83. The molecular weight excluding hydrogens is 167 g/mol. The summed E-state index contributed by atoms with van der Waals surface area (Å²) in [4.78, 5) is 10.9. The molecule has 0 aromatic rings. The molecular formula is C8H17BN2O2. The van der Waals surface area contributed by atoms with Crippen molar-refractivity contribution in [2.75, 3.05) is 13.1 Å². The quantitative estimate of drug-likeness (QED) is 0.480. The Labute approximate surface area is 79.3 Å². The van der Waals surface area contributed by atoms with Crippen molar-refractivity contribution in [3.8, 4) is 0 Å². The lowest BCUT2D eigenvalue weighted by Crippen LogP contribution is -2.54. The first kappa shape index (κ1) is 10.5. The average Bonchev–Trinajstić information content (AvgIpc) is 2.45. The summed E-state index contributed by atoms with van der Waals surface area (Å²) in [7, 11) is 2.10. The molecule has 13 heavy (non-hydrogen) atoms. The zero-order chi connectivity index (χ0) is 9.90. The fraction of sp³-hybridized carbons (Fsp3) is 0.875. The smallest absolute Gasteiger partial charge is 0.325 e. The van der Waals surface area contributed by atoms with Gasteiger partial charge in [0.2, 0.25) is 0 Å². The van der Waals surface area contributed by atoms with E-state index in [0.29, 0.717) is 6.54 Å². The Morgan fingerprint density at radius 2 is 2.46 bits per heavy atom. The lowest BCUT2D eigenvalue weighted by molar-refractivity contribution is -0.144. The van der Waals surface area contributed by atoms with Crippen molar-refractivity contribution in [2.24, 2.45) is 11.7 Å². The summed E-state index contributed by atoms with van der Waals surface area (Å²) in [6, 6.07) is 0. The van der Waals surface area contributed by atoms with Crippen LogP contribution in [-0.4, -0.2) is 37.6 Å². The predicted octanol–water partition coefficient (Wildman–Crippen LogP) is -1.18. The van der Waals surface area contributed by atoms with Gasteiger partial charge >= 0.3 is 5.97 Å². The minimum absolute atomic E-state index is 0.0879. The number of nitrogens with one attached hydrogen (secondary N) is 1. The Balaban J connectivity index is 2.57. The van der Waals surface area contributed by atoms with Crippen molar-refractivity contribution < 1.29 is 9.90 Å². The second-order valence-corrected chi connectivity index (χ2v) is 3.82. The first-order chi connectivity index (χ1) is 6.11. The molecule has 0 aliphatic carbocycles. The van der Waals surface area contributed by atoms with E-state index in [9.17, 15) is 4.79 Å². The molecule has 4 nitrogen and oxygen atoms in total. The van der Waals surface area contributed by atoms with Crippen molar-refractivity contribution in [3.05, 3.63) is 0 Å². The van der Waals surface area contributed by atoms with Gasteiger partial charge in [-0.3, -0.25) is 4.79 Å². The van der Waals surface area contributed by atoms with Crippen LogP contribution in [0, 0.1) is 5.92 Å². The topological polar surface area (TPSA) is 75.3 Å². The van der Waals surface area contributed by atoms with E-state index in [1.54, 1.807) is 0 Å². The Morgan fingerprint density at radius 1 is 1.77 bits per heavy atom. The van der Waals surface area contributed by atoms with E-state index in [4.69, 9.17) is 10.8 Å². The van der Waals surface area contributed by atoms with Gasteiger partial charge in [0.05, 0.1) is 0 Å². The molecule has 1 aliphatic rings. The van der Waals surface area contributed by atoms with Crippen LogP contribution in [0.2, 0.25) is 6.32 Å². The van der Waals surface area contributed by atoms with Crippen LogP contribution in [0.1, 0.15) is 12.8 Å². The third-order valence-electron chi connectivity index (χ3n) is 2.84. The Morgan fingerprint density at radius 3 is 3.00 bits per heavy atom. The normalized spacial score (nSPS) is 33.5. The highest BCUT2D eigenvalue weighted by Gasteiger charge is 2.45. The van der Waals surface area contributed by atoms with Gasteiger partial charge in [0.15, 0.2) is 0 Å². The summed E-state index contributed by atoms with van der Waals surface area (Å²) in [5.41, 5.74) is 4.79. The lowest BCUT2D eigenvalue weighted by Gasteiger charge is -2.25. The van der Waals surface area contributed by atoms with Crippen LogP contribution >= 0.6 is 0 Å². The number of hydrogen-bond acceptors (Lipinski definition) is 3. The first-order valence-electron chi connectivity index (χ1n) is 4.84. The third kappa shape index (κ3) is 2.03. The van der Waals surface area contributed by atoms with Gasteiger partial charge in [0.25, 0.3) is 0 Å². The maximum atomic E-state index is 10.9. The van der Waals surface area contributed by atoms with E-state index in [-0.39, 0.29) is 5.92 Å². The minimum atomic E-state index is -1.03. The Bertz CT molecular complexity index is 201. The van der Waals surface area contributed by atoms with Crippen molar-refractivity contribution in [3.63, 3.8) is 0 Å². The van der Waals surface area contributed by atoms with E-state index in [1.165, 1.54) is 0 Å². The van der Waals surface area contributed by atoms with Gasteiger partial charge < -0.3 is 16.2 Å². The van der Waals surface area contributed by atoms with Crippen LogP contribution in [0.3, 0.4) is 0 Å². The molecule has 0 aromatic carbocycles. The molecule has 1 aliphatic heterocycles. The molecule has 0 unspecified atom stereocenters. The zero-order valence-electron chi connectivity index (χ0n) is 8.05. The Kier molecular flexibility index (Phi) is 3.33. The van der Waals surface area contributed by atoms with Crippen LogP contribution < -0.4 is 11.1 Å². The fourth-order valence-electron chi connectivity index (χ4n) is 1.84. The number of rotatable bonds is 4. The maximum Gasteiger partial charge on any atom is 0.325 e. The van der Waals surface area contributed by atoms with Crippen LogP contribution in [-0.2, 0) is 4.79 Å². The summed E-state index contributed by atoms with van der Waals surface area (Å²) in [5.74, 6) is -0.788. The number of carboxylic acids is 1. The number of hydrogen-bond donors (Lipinski definition) is 3. The van der Waals surface area contributed by atoms with E-state index in [2.05, 4.69) is 13.2 Å². The molecule has 0 amide bonds. The van der Waals surface area contributed by atoms with E-state index >= 15 is 0 Å². The molecule has 0 bridgehead atoms. The van der Waals surface area contributed by atoms with Crippen LogP contribution in [0.25, 0.3) is 0 Å². The summed E-state index contributed by atoms with van der Waals surface area (Å²) in [6.07, 6.45) is 3.05. The highest BCUT2D eigenvalue weighted by atomic mass is 16.4. The van der Waals surface area contributed by atoms with Crippen molar-refractivity contribution in [1.82, 2.24) is 5.32 Å². The molecule has 0 saturated carbocycles. The van der Waals surface area contributed by atoms with Crippen molar-refractivity contribution >= 4 is 13.8 Å². The van der Waals surface area contributed by atoms with E-state index in [1.807, 2.05) is 0 Å². The predicted molar refractivity (Wildman–Crippen MR) is 53.5 cm³/mol. The molecule has 0 radical (unpaired) electrons. The molecule has 2 atom stereocenters. The van der Waals surface area contributed by atoms with Crippen LogP contribution in [0.4, 0.5) is 0 Å². The SMILES string of the molecule is BCCC[C@H]1CNC[C@@]1(N)C(=O)O. The highest BCUT2D eigenvalue weighted by Crippen LogP contribution is 2.24. The maximum absolute atomic E-state index is 10.9. The summed E-state index contributed by atoms with van der Waals surface area (Å²) in [6.45, 7) is 1.14. The van der Waals surface area contributed by atoms with Gasteiger partial charge in [0.1, 0.15) is 13.4 Å². The van der Waals surface area contributed by atoms with Gasteiger partial charge in [-0.1, -0.05) is 12.7 Å². The highest BCUT2D eigenvalue weighted by molar-refractivity contribution is 6.08. The largest absolute Gasteiger partial charge is 0.480 e. The van der Waals surface area contributed by atoms with Crippen molar-refractivity contribution in [2.45, 2.75) is 24.7 Å². The second kappa shape index (κ2) is 4.11. The minimum Gasteiger partial charge on any atom is -0.480 e. The Hall–Kier alpha value is -0.545. The number of carboxylic acid groups (broad SMARTS) is 1. The molecule has 1 fully saturated rings. The van der Waals surface area contributed by atoms with Gasteiger partial charge in [-0.2, -0.15) is 0 Å². The second-order valence-electron chi connectivity index (χ2n) is 3.82.